The predicted molar refractivity (Wildman–Crippen MR) is 68.9 cm³/mol. The Bertz CT molecular complexity index is 660. The Balaban J connectivity index is 2.90. The molecule has 2 rings (SSSR count). The molecule has 0 amide bonds. The Morgan fingerprint density at radius 1 is 1.12 bits per heavy atom. The van der Waals surface area contributed by atoms with Gasteiger partial charge in [0.1, 0.15) is 0 Å². The third kappa shape index (κ3) is 2.17. The van der Waals surface area contributed by atoms with Gasteiger partial charge in [-0.15, -0.1) is 0 Å². The van der Waals surface area contributed by atoms with Gasteiger partial charge in [0.05, 0.1) is 4.90 Å². The molecular formula is C13H15NO2S. The highest BCUT2D eigenvalue weighted by atomic mass is 32.2. The first-order chi connectivity index (χ1) is 7.91. The molecule has 0 saturated heterocycles. The first kappa shape index (κ1) is 12.0. The van der Waals surface area contributed by atoms with Gasteiger partial charge < -0.3 is 0 Å². The van der Waals surface area contributed by atoms with Crippen LogP contribution in [0.4, 0.5) is 0 Å². The highest BCUT2D eigenvalue weighted by Gasteiger charge is 2.14. The quantitative estimate of drug-likeness (QED) is 0.822. The summed E-state index contributed by atoms with van der Waals surface area (Å²) in [6.07, 6.45) is 4.59. The van der Waals surface area contributed by atoms with Crippen molar-refractivity contribution < 1.29 is 8.42 Å². The third-order valence-corrected chi connectivity index (χ3v) is 3.99. The maximum atomic E-state index is 11.7. The van der Waals surface area contributed by atoms with Gasteiger partial charge in [0, 0.05) is 29.4 Å². The van der Waals surface area contributed by atoms with Crippen molar-refractivity contribution in [3.63, 3.8) is 0 Å². The molecule has 0 spiro atoms. The second kappa shape index (κ2) is 4.11. The van der Waals surface area contributed by atoms with Crippen molar-refractivity contribution in [1.82, 2.24) is 4.98 Å². The van der Waals surface area contributed by atoms with Gasteiger partial charge in [-0.25, -0.2) is 8.42 Å². The molecule has 3 nitrogen and oxygen atoms in total. The van der Waals surface area contributed by atoms with Gasteiger partial charge in [0.25, 0.3) is 0 Å². The van der Waals surface area contributed by atoms with Gasteiger partial charge in [-0.05, 0) is 23.6 Å². The van der Waals surface area contributed by atoms with Gasteiger partial charge in [0.15, 0.2) is 9.84 Å². The van der Waals surface area contributed by atoms with Gasteiger partial charge in [-0.1, -0.05) is 19.9 Å². The number of hydrogen-bond acceptors (Lipinski definition) is 3. The fourth-order valence-corrected chi connectivity index (χ4v) is 2.90. The summed E-state index contributed by atoms with van der Waals surface area (Å²) in [6.45, 7) is 4.17. The Morgan fingerprint density at radius 3 is 2.41 bits per heavy atom. The van der Waals surface area contributed by atoms with Gasteiger partial charge in [0.2, 0.25) is 0 Å². The zero-order valence-electron chi connectivity index (χ0n) is 10.1. The van der Waals surface area contributed by atoms with Crippen molar-refractivity contribution in [2.24, 2.45) is 0 Å². The van der Waals surface area contributed by atoms with Crippen molar-refractivity contribution in [2.75, 3.05) is 6.26 Å². The van der Waals surface area contributed by atoms with E-state index in [0.29, 0.717) is 10.8 Å². The number of fused-ring (bicyclic) bond motifs is 1. The first-order valence-corrected chi connectivity index (χ1v) is 7.37. The van der Waals surface area contributed by atoms with Crippen molar-refractivity contribution in [3.8, 4) is 0 Å². The lowest BCUT2D eigenvalue weighted by Gasteiger charge is -2.12. The van der Waals surface area contributed by atoms with Crippen LogP contribution < -0.4 is 0 Å². The molecular weight excluding hydrogens is 234 g/mol. The van der Waals surface area contributed by atoms with Crippen LogP contribution in [0.5, 0.6) is 0 Å². The van der Waals surface area contributed by atoms with Gasteiger partial charge >= 0.3 is 0 Å². The molecule has 0 aliphatic carbocycles. The summed E-state index contributed by atoms with van der Waals surface area (Å²) in [5.74, 6) is 0.343. The normalized spacial score (nSPS) is 12.2. The smallest absolute Gasteiger partial charge is 0.176 e. The van der Waals surface area contributed by atoms with Crippen LogP contribution in [-0.4, -0.2) is 19.7 Å². The molecule has 1 heterocycles. The van der Waals surface area contributed by atoms with Crippen LogP contribution in [0.3, 0.4) is 0 Å². The molecule has 0 unspecified atom stereocenters. The summed E-state index contributed by atoms with van der Waals surface area (Å²) in [7, 11) is -3.20. The molecule has 0 N–H and O–H groups in total. The van der Waals surface area contributed by atoms with Crippen molar-refractivity contribution in [1.29, 1.82) is 0 Å². The highest BCUT2D eigenvalue weighted by Crippen LogP contribution is 2.29. The Morgan fingerprint density at radius 2 is 1.82 bits per heavy atom. The third-order valence-electron chi connectivity index (χ3n) is 2.83. The summed E-state index contributed by atoms with van der Waals surface area (Å²) in [4.78, 5) is 4.46. The molecule has 0 radical (unpaired) electrons. The molecule has 17 heavy (non-hydrogen) atoms. The molecule has 0 aliphatic heterocycles. The molecule has 0 fully saturated rings. The number of nitrogens with zero attached hydrogens (tertiary/aromatic N) is 1. The number of aromatic nitrogens is 1. The fraction of sp³-hybridized carbons (Fsp3) is 0.308. The number of sulfone groups is 1. The van der Waals surface area contributed by atoms with Gasteiger partial charge in [-0.3, -0.25) is 4.98 Å². The Hall–Kier alpha value is -1.42. The molecule has 0 atom stereocenters. The largest absolute Gasteiger partial charge is 0.264 e. The van der Waals surface area contributed by atoms with E-state index < -0.39 is 9.84 Å². The fourth-order valence-electron chi connectivity index (χ4n) is 2.01. The lowest BCUT2D eigenvalue weighted by molar-refractivity contribution is 0.602. The van der Waals surface area contributed by atoms with Crippen molar-refractivity contribution in [2.45, 2.75) is 24.7 Å². The van der Waals surface area contributed by atoms with Crippen LogP contribution >= 0.6 is 0 Å². The van der Waals surface area contributed by atoms with Crippen LogP contribution in [-0.2, 0) is 9.84 Å². The molecule has 0 bridgehead atoms. The molecule has 1 aromatic heterocycles. The van der Waals surface area contributed by atoms with E-state index in [1.807, 2.05) is 6.07 Å². The average Bonchev–Trinajstić information content (AvgIpc) is 2.26. The molecule has 0 saturated carbocycles. The van der Waals surface area contributed by atoms with Crippen molar-refractivity contribution in [3.05, 3.63) is 36.2 Å². The molecule has 90 valence electrons. The minimum absolute atomic E-state index is 0.343. The van der Waals surface area contributed by atoms with E-state index in [0.717, 1.165) is 16.3 Å². The Labute approximate surface area is 101 Å². The monoisotopic (exact) mass is 249 g/mol. The molecule has 0 aliphatic rings. The number of hydrogen-bond donors (Lipinski definition) is 0. The number of pyridine rings is 1. The zero-order valence-corrected chi connectivity index (χ0v) is 11.0. The average molecular weight is 249 g/mol. The minimum atomic E-state index is -3.20. The van der Waals surface area contributed by atoms with Gasteiger partial charge in [-0.2, -0.15) is 0 Å². The van der Waals surface area contributed by atoms with E-state index >= 15 is 0 Å². The molecule has 1 aromatic carbocycles. The first-order valence-electron chi connectivity index (χ1n) is 5.48. The van der Waals surface area contributed by atoms with Crippen LogP contribution in [0.25, 0.3) is 10.8 Å². The highest BCUT2D eigenvalue weighted by molar-refractivity contribution is 7.91. The summed E-state index contributed by atoms with van der Waals surface area (Å²) in [6, 6.07) is 5.33. The van der Waals surface area contributed by atoms with Crippen molar-refractivity contribution >= 4 is 20.6 Å². The van der Waals surface area contributed by atoms with E-state index in [1.54, 1.807) is 24.5 Å². The summed E-state index contributed by atoms with van der Waals surface area (Å²) >= 11 is 0. The lowest BCUT2D eigenvalue weighted by Crippen LogP contribution is -2.00. The van der Waals surface area contributed by atoms with Crippen LogP contribution in [0.15, 0.2) is 35.5 Å². The van der Waals surface area contributed by atoms with E-state index in [9.17, 15) is 8.42 Å². The summed E-state index contributed by atoms with van der Waals surface area (Å²) in [5.41, 5.74) is 1.13. The maximum absolute atomic E-state index is 11.7. The number of benzene rings is 1. The summed E-state index contributed by atoms with van der Waals surface area (Å²) in [5, 5.41) is 1.68. The Kier molecular flexibility index (Phi) is 2.91. The van der Waals surface area contributed by atoms with Crippen LogP contribution in [0.1, 0.15) is 25.3 Å². The van der Waals surface area contributed by atoms with Crippen LogP contribution in [0.2, 0.25) is 0 Å². The second-order valence-electron chi connectivity index (χ2n) is 4.50. The SMILES string of the molecule is CC(C)c1ccc(S(C)(=O)=O)c2ccncc12. The van der Waals surface area contributed by atoms with E-state index in [-0.39, 0.29) is 0 Å². The molecule has 2 aromatic rings. The second-order valence-corrected chi connectivity index (χ2v) is 6.49. The summed E-state index contributed by atoms with van der Waals surface area (Å²) < 4.78 is 23.4. The van der Waals surface area contributed by atoms with E-state index in [4.69, 9.17) is 0 Å². The van der Waals surface area contributed by atoms with E-state index in [1.165, 1.54) is 6.26 Å². The number of rotatable bonds is 2. The van der Waals surface area contributed by atoms with E-state index in [2.05, 4.69) is 18.8 Å². The van der Waals surface area contributed by atoms with Crippen LogP contribution in [0, 0.1) is 0 Å². The maximum Gasteiger partial charge on any atom is 0.176 e. The topological polar surface area (TPSA) is 47.0 Å². The predicted octanol–water partition coefficient (Wildman–Crippen LogP) is 2.76. The minimum Gasteiger partial charge on any atom is -0.264 e. The lowest BCUT2D eigenvalue weighted by atomic mass is 9.97. The zero-order chi connectivity index (χ0) is 12.6. The molecule has 4 heteroatoms. The standard InChI is InChI=1S/C13H15NO2S/c1-9(2)10-4-5-13(17(3,15)16)11-6-7-14-8-12(10)11/h4-9H,1-3H3.